The average molecular weight is 388 g/mol. The van der Waals surface area contributed by atoms with Crippen LogP contribution >= 0.6 is 27.5 Å². The topological polar surface area (TPSA) is 58.5 Å². The molecule has 2 rings (SSSR count). The van der Waals surface area contributed by atoms with E-state index in [1.54, 1.807) is 30.3 Å². The third-order valence-corrected chi connectivity index (χ3v) is 4.52. The smallest absolute Gasteiger partial charge is 0.200 e. The molecule has 21 heavy (non-hydrogen) atoms. The van der Waals surface area contributed by atoms with E-state index in [0.717, 1.165) is 10.0 Å². The Bertz CT molecular complexity index is 754. The number of nitrogens with zero attached hydrogens (tertiary/aromatic N) is 1. The molecule has 4 nitrogen and oxygen atoms in total. The number of sulfonamides is 1. The summed E-state index contributed by atoms with van der Waals surface area (Å²) in [4.78, 5) is 2.33. The van der Waals surface area contributed by atoms with Gasteiger partial charge in [0.2, 0.25) is 0 Å². The lowest BCUT2D eigenvalue weighted by atomic mass is 10.2. The van der Waals surface area contributed by atoms with E-state index in [1.807, 2.05) is 6.92 Å². The molecule has 0 aromatic heterocycles. The summed E-state index contributed by atoms with van der Waals surface area (Å²) in [6.07, 6.45) is 1.39. The zero-order valence-electron chi connectivity index (χ0n) is 11.0. The molecule has 110 valence electrons. The predicted octanol–water partition coefficient (Wildman–Crippen LogP) is 3.72. The van der Waals surface area contributed by atoms with Gasteiger partial charge in [0.05, 0.1) is 11.1 Å². The van der Waals surface area contributed by atoms with Gasteiger partial charge in [0, 0.05) is 9.50 Å². The van der Waals surface area contributed by atoms with Crippen LogP contribution in [0.25, 0.3) is 0 Å². The number of nitrogens with one attached hydrogen (secondary N) is 1. The van der Waals surface area contributed by atoms with E-state index >= 15 is 0 Å². The summed E-state index contributed by atoms with van der Waals surface area (Å²) >= 11 is 9.20. The second-order valence-corrected chi connectivity index (χ2v) is 7.38. The van der Waals surface area contributed by atoms with Gasteiger partial charge < -0.3 is 0 Å². The molecular formula is C14H12BrClN2O2S. The Morgan fingerprint density at radius 3 is 2.48 bits per heavy atom. The fourth-order valence-electron chi connectivity index (χ4n) is 1.59. The molecule has 2 aromatic rings. The van der Waals surface area contributed by atoms with Crippen LogP contribution in [0.2, 0.25) is 5.02 Å². The first-order valence-corrected chi connectivity index (χ1v) is 8.60. The second kappa shape index (κ2) is 6.60. The van der Waals surface area contributed by atoms with E-state index in [1.165, 1.54) is 18.3 Å². The molecule has 0 saturated carbocycles. The van der Waals surface area contributed by atoms with Crippen molar-refractivity contribution in [3.63, 3.8) is 0 Å². The van der Waals surface area contributed by atoms with Gasteiger partial charge in [-0.2, -0.15) is 13.5 Å². The van der Waals surface area contributed by atoms with Gasteiger partial charge in [-0.15, -0.1) is 0 Å². The van der Waals surface area contributed by atoms with Crippen LogP contribution < -0.4 is 4.83 Å². The molecule has 0 amide bonds. The SMILES string of the molecule is Cc1ccc(S(=O)(=O)N/N=C/c2cc(Cl)cc(Br)c2)cc1. The summed E-state index contributed by atoms with van der Waals surface area (Å²) in [7, 11) is -3.66. The van der Waals surface area contributed by atoms with Gasteiger partial charge in [-0.05, 0) is 42.8 Å². The van der Waals surface area contributed by atoms with Gasteiger partial charge in [0.25, 0.3) is 10.0 Å². The van der Waals surface area contributed by atoms with Gasteiger partial charge in [0.1, 0.15) is 0 Å². The van der Waals surface area contributed by atoms with E-state index in [0.29, 0.717) is 10.6 Å². The normalized spacial score (nSPS) is 11.8. The Kier molecular flexibility index (Phi) is 5.03. The first-order valence-electron chi connectivity index (χ1n) is 5.94. The number of benzene rings is 2. The van der Waals surface area contributed by atoms with Crippen LogP contribution in [0.3, 0.4) is 0 Å². The van der Waals surface area contributed by atoms with Crippen LogP contribution in [0.4, 0.5) is 0 Å². The molecular weight excluding hydrogens is 376 g/mol. The van der Waals surface area contributed by atoms with Gasteiger partial charge >= 0.3 is 0 Å². The molecule has 0 atom stereocenters. The molecule has 0 heterocycles. The van der Waals surface area contributed by atoms with Crippen LogP contribution in [-0.4, -0.2) is 14.6 Å². The van der Waals surface area contributed by atoms with E-state index < -0.39 is 10.0 Å². The summed E-state index contributed by atoms with van der Waals surface area (Å²) in [6.45, 7) is 1.89. The Balaban J connectivity index is 2.14. The van der Waals surface area contributed by atoms with Crippen molar-refractivity contribution in [3.8, 4) is 0 Å². The highest BCUT2D eigenvalue weighted by molar-refractivity contribution is 9.10. The van der Waals surface area contributed by atoms with E-state index in [9.17, 15) is 8.42 Å². The molecule has 2 aromatic carbocycles. The maximum atomic E-state index is 12.0. The van der Waals surface area contributed by atoms with Gasteiger partial charge in [0.15, 0.2) is 0 Å². The van der Waals surface area contributed by atoms with Crippen LogP contribution in [0, 0.1) is 6.92 Å². The van der Waals surface area contributed by atoms with E-state index in [2.05, 4.69) is 25.9 Å². The van der Waals surface area contributed by atoms with Crippen LogP contribution in [-0.2, 0) is 10.0 Å². The van der Waals surface area contributed by atoms with E-state index in [-0.39, 0.29) is 4.90 Å². The second-order valence-electron chi connectivity index (χ2n) is 4.37. The summed E-state index contributed by atoms with van der Waals surface area (Å²) in [5.41, 5.74) is 1.67. The Morgan fingerprint density at radius 2 is 1.86 bits per heavy atom. The fraction of sp³-hybridized carbons (Fsp3) is 0.0714. The molecule has 0 bridgehead atoms. The highest BCUT2D eigenvalue weighted by Gasteiger charge is 2.11. The molecule has 0 unspecified atom stereocenters. The lowest BCUT2D eigenvalue weighted by Gasteiger charge is -2.03. The van der Waals surface area contributed by atoms with Gasteiger partial charge in [-0.25, -0.2) is 4.83 Å². The average Bonchev–Trinajstić information content (AvgIpc) is 2.37. The Morgan fingerprint density at radius 1 is 1.19 bits per heavy atom. The van der Waals surface area contributed by atoms with Crippen molar-refractivity contribution in [2.45, 2.75) is 11.8 Å². The van der Waals surface area contributed by atoms with Crippen LogP contribution in [0.15, 0.2) is 56.9 Å². The molecule has 0 fully saturated rings. The van der Waals surface area contributed by atoms with Crippen molar-refractivity contribution in [1.29, 1.82) is 0 Å². The minimum absolute atomic E-state index is 0.164. The number of hydrogen-bond acceptors (Lipinski definition) is 3. The number of rotatable bonds is 4. The number of aryl methyl sites for hydroxylation is 1. The maximum absolute atomic E-state index is 12.0. The van der Waals surface area contributed by atoms with Crippen LogP contribution in [0.5, 0.6) is 0 Å². The highest BCUT2D eigenvalue weighted by Crippen LogP contribution is 2.18. The third kappa shape index (κ3) is 4.56. The number of hydrogen-bond donors (Lipinski definition) is 1. The summed E-state index contributed by atoms with van der Waals surface area (Å²) in [6, 6.07) is 11.7. The first kappa shape index (κ1) is 16.0. The molecule has 0 aliphatic heterocycles. The van der Waals surface area contributed by atoms with Crippen molar-refractivity contribution in [2.24, 2.45) is 5.10 Å². The number of halogens is 2. The Labute approximate surface area is 137 Å². The largest absolute Gasteiger partial charge is 0.276 e. The fourth-order valence-corrected chi connectivity index (χ4v) is 3.27. The molecule has 0 aliphatic carbocycles. The molecule has 0 aliphatic rings. The van der Waals surface area contributed by atoms with Crippen molar-refractivity contribution in [1.82, 2.24) is 4.83 Å². The summed E-state index contributed by atoms with van der Waals surface area (Å²) in [5.74, 6) is 0. The minimum atomic E-state index is -3.66. The molecule has 0 radical (unpaired) electrons. The zero-order valence-corrected chi connectivity index (χ0v) is 14.2. The van der Waals surface area contributed by atoms with Crippen molar-refractivity contribution < 1.29 is 8.42 Å². The van der Waals surface area contributed by atoms with Gasteiger partial charge in [-0.3, -0.25) is 0 Å². The third-order valence-electron chi connectivity index (χ3n) is 2.60. The quantitative estimate of drug-likeness (QED) is 0.642. The lowest BCUT2D eigenvalue weighted by Crippen LogP contribution is -2.18. The van der Waals surface area contributed by atoms with Crippen molar-refractivity contribution in [3.05, 3.63) is 63.1 Å². The predicted molar refractivity (Wildman–Crippen MR) is 88.2 cm³/mol. The molecule has 1 N–H and O–H groups in total. The summed E-state index contributed by atoms with van der Waals surface area (Å²) in [5, 5.41) is 4.29. The monoisotopic (exact) mass is 386 g/mol. The Hall–Kier alpha value is -1.37. The standard InChI is InChI=1S/C14H12BrClN2O2S/c1-10-2-4-14(5-3-10)21(19,20)18-17-9-11-6-12(15)8-13(16)7-11/h2-9,18H,1H3/b17-9+. The number of hydrazone groups is 1. The van der Waals surface area contributed by atoms with Gasteiger partial charge in [-0.1, -0.05) is 45.2 Å². The lowest BCUT2D eigenvalue weighted by molar-refractivity contribution is 0.584. The van der Waals surface area contributed by atoms with Crippen molar-refractivity contribution in [2.75, 3.05) is 0 Å². The minimum Gasteiger partial charge on any atom is -0.200 e. The van der Waals surface area contributed by atoms with Crippen molar-refractivity contribution >= 4 is 43.8 Å². The zero-order chi connectivity index (χ0) is 15.5. The highest BCUT2D eigenvalue weighted by atomic mass is 79.9. The molecule has 0 spiro atoms. The van der Waals surface area contributed by atoms with Crippen LogP contribution in [0.1, 0.15) is 11.1 Å². The molecule has 0 saturated heterocycles. The first-order chi connectivity index (χ1) is 9.87. The maximum Gasteiger partial charge on any atom is 0.276 e. The summed E-state index contributed by atoms with van der Waals surface area (Å²) < 4.78 is 24.8. The van der Waals surface area contributed by atoms with E-state index in [4.69, 9.17) is 11.6 Å². The molecule has 7 heteroatoms.